The molecule has 0 amide bonds. The lowest BCUT2D eigenvalue weighted by Crippen LogP contribution is -2.59. The Balaban J connectivity index is 2.14. The number of nitrogens with zero attached hydrogens (tertiary/aromatic N) is 1. The van der Waals surface area contributed by atoms with E-state index in [-0.39, 0.29) is 5.54 Å². The molecule has 0 aromatic rings. The van der Waals surface area contributed by atoms with Crippen LogP contribution in [0.5, 0.6) is 0 Å². The molecule has 0 aromatic heterocycles. The third kappa shape index (κ3) is 3.76. The van der Waals surface area contributed by atoms with Crippen LogP contribution in [0.1, 0.15) is 59.3 Å². The van der Waals surface area contributed by atoms with Crippen LogP contribution >= 0.6 is 0 Å². The van der Waals surface area contributed by atoms with Gasteiger partial charge in [-0.05, 0) is 65.2 Å². The molecular formula is C17H32N2O. The van der Waals surface area contributed by atoms with E-state index >= 15 is 0 Å². The van der Waals surface area contributed by atoms with Gasteiger partial charge in [-0.25, -0.2) is 0 Å². The number of rotatable bonds is 5. The average Bonchev–Trinajstić information content (AvgIpc) is 2.75. The Bertz CT molecular complexity index is 317. The van der Waals surface area contributed by atoms with Crippen LogP contribution in [0.15, 0.2) is 11.8 Å². The fraction of sp³-hybridized carbons (Fsp3) is 0.882. The van der Waals surface area contributed by atoms with Gasteiger partial charge in [0.15, 0.2) is 0 Å². The van der Waals surface area contributed by atoms with Crippen molar-refractivity contribution in [3.63, 3.8) is 0 Å². The summed E-state index contributed by atoms with van der Waals surface area (Å²) in [6.07, 6.45) is 10.1. The van der Waals surface area contributed by atoms with E-state index < -0.39 is 0 Å². The normalized spacial score (nSPS) is 23.6. The maximum Gasteiger partial charge on any atom is 0.111 e. The summed E-state index contributed by atoms with van der Waals surface area (Å²) < 4.78 is 5.97. The number of ether oxygens (including phenoxy) is 1. The second-order valence-electron chi connectivity index (χ2n) is 6.64. The van der Waals surface area contributed by atoms with Crippen molar-refractivity contribution < 1.29 is 4.74 Å². The Morgan fingerprint density at radius 3 is 2.45 bits per heavy atom. The summed E-state index contributed by atoms with van der Waals surface area (Å²) in [6.45, 7) is 11.3. The van der Waals surface area contributed by atoms with Gasteiger partial charge in [-0.15, -0.1) is 0 Å². The lowest BCUT2D eigenvalue weighted by molar-refractivity contribution is 0.0602. The van der Waals surface area contributed by atoms with Gasteiger partial charge in [0.2, 0.25) is 0 Å². The molecule has 3 nitrogen and oxygen atoms in total. The predicted octanol–water partition coefficient (Wildman–Crippen LogP) is 3.31. The standard InChI is InChI=1S/C17H32N2O/c1-4-18-16(15-11-7-10-14-20-15)17(2,3)19-12-8-5-6-9-13-19/h11,16,18H,4-10,12-14H2,1-3H3. The summed E-state index contributed by atoms with van der Waals surface area (Å²) in [5.74, 6) is 1.17. The summed E-state index contributed by atoms with van der Waals surface area (Å²) in [6, 6.07) is 0.311. The molecule has 2 rings (SSSR count). The van der Waals surface area contributed by atoms with Crippen LogP contribution in [0.25, 0.3) is 0 Å². The first kappa shape index (κ1) is 15.8. The van der Waals surface area contributed by atoms with Gasteiger partial charge in [-0.2, -0.15) is 0 Å². The molecule has 0 aromatic carbocycles. The van der Waals surface area contributed by atoms with Crippen molar-refractivity contribution >= 4 is 0 Å². The van der Waals surface area contributed by atoms with Gasteiger partial charge in [0.1, 0.15) is 5.76 Å². The third-order valence-electron chi connectivity index (χ3n) is 4.78. The number of hydrogen-bond acceptors (Lipinski definition) is 3. The summed E-state index contributed by atoms with van der Waals surface area (Å²) in [5.41, 5.74) is 0.115. The molecule has 1 N–H and O–H groups in total. The van der Waals surface area contributed by atoms with Crippen molar-refractivity contribution in [2.24, 2.45) is 0 Å². The maximum absolute atomic E-state index is 5.97. The minimum Gasteiger partial charge on any atom is -0.497 e. The van der Waals surface area contributed by atoms with Crippen molar-refractivity contribution in [2.45, 2.75) is 70.9 Å². The van der Waals surface area contributed by atoms with Gasteiger partial charge in [-0.1, -0.05) is 19.8 Å². The Morgan fingerprint density at radius 1 is 1.20 bits per heavy atom. The number of allylic oxidation sites excluding steroid dienone is 1. The topological polar surface area (TPSA) is 24.5 Å². The highest BCUT2D eigenvalue weighted by molar-refractivity contribution is 5.14. The molecule has 0 spiro atoms. The monoisotopic (exact) mass is 280 g/mol. The second-order valence-corrected chi connectivity index (χ2v) is 6.64. The van der Waals surface area contributed by atoms with E-state index in [0.29, 0.717) is 6.04 Å². The van der Waals surface area contributed by atoms with Gasteiger partial charge in [0.05, 0.1) is 12.6 Å². The molecular weight excluding hydrogens is 248 g/mol. The zero-order valence-corrected chi connectivity index (χ0v) is 13.6. The first-order chi connectivity index (χ1) is 9.66. The first-order valence-electron chi connectivity index (χ1n) is 8.47. The Labute approximate surface area is 124 Å². The van der Waals surface area contributed by atoms with Crippen molar-refractivity contribution in [1.29, 1.82) is 0 Å². The summed E-state index contributed by atoms with van der Waals surface area (Å²) in [7, 11) is 0. The Morgan fingerprint density at radius 2 is 1.90 bits per heavy atom. The predicted molar refractivity (Wildman–Crippen MR) is 84.9 cm³/mol. The smallest absolute Gasteiger partial charge is 0.111 e. The highest BCUT2D eigenvalue weighted by Crippen LogP contribution is 2.29. The molecule has 1 atom stereocenters. The SMILES string of the molecule is CCNC(C1=CCCCO1)C(C)(C)N1CCCCCC1. The zero-order valence-electron chi connectivity index (χ0n) is 13.6. The number of nitrogens with one attached hydrogen (secondary N) is 1. The van der Waals surface area contributed by atoms with Crippen LogP contribution in [-0.2, 0) is 4.74 Å². The summed E-state index contributed by atoms with van der Waals surface area (Å²) >= 11 is 0. The van der Waals surface area contributed by atoms with Gasteiger partial charge in [0, 0.05) is 5.54 Å². The van der Waals surface area contributed by atoms with E-state index in [0.717, 1.165) is 26.0 Å². The van der Waals surface area contributed by atoms with Crippen LogP contribution in [0.3, 0.4) is 0 Å². The van der Waals surface area contributed by atoms with Gasteiger partial charge in [0.25, 0.3) is 0 Å². The molecule has 0 aliphatic carbocycles. The fourth-order valence-electron chi connectivity index (χ4n) is 3.51. The lowest BCUT2D eigenvalue weighted by atomic mass is 9.89. The molecule has 3 heteroatoms. The van der Waals surface area contributed by atoms with E-state index in [4.69, 9.17) is 4.74 Å². The van der Waals surface area contributed by atoms with Gasteiger partial charge >= 0.3 is 0 Å². The van der Waals surface area contributed by atoms with Crippen molar-refractivity contribution in [3.8, 4) is 0 Å². The lowest BCUT2D eigenvalue weighted by Gasteiger charge is -2.45. The van der Waals surface area contributed by atoms with Gasteiger partial charge in [-0.3, -0.25) is 4.90 Å². The van der Waals surface area contributed by atoms with Crippen molar-refractivity contribution in [1.82, 2.24) is 10.2 Å². The van der Waals surface area contributed by atoms with Crippen LogP contribution in [0.4, 0.5) is 0 Å². The average molecular weight is 280 g/mol. The van der Waals surface area contributed by atoms with Gasteiger partial charge < -0.3 is 10.1 Å². The molecule has 2 aliphatic rings. The molecule has 1 unspecified atom stereocenters. The van der Waals surface area contributed by atoms with Crippen LogP contribution in [-0.4, -0.2) is 42.7 Å². The van der Waals surface area contributed by atoms with E-state index in [1.807, 2.05) is 0 Å². The second kappa shape index (κ2) is 7.46. The highest BCUT2D eigenvalue weighted by atomic mass is 16.5. The Hall–Kier alpha value is -0.540. The maximum atomic E-state index is 5.97. The molecule has 20 heavy (non-hydrogen) atoms. The minimum absolute atomic E-state index is 0.115. The van der Waals surface area contributed by atoms with E-state index in [1.54, 1.807) is 0 Å². The van der Waals surface area contributed by atoms with Crippen LogP contribution in [0.2, 0.25) is 0 Å². The van der Waals surface area contributed by atoms with E-state index in [1.165, 1.54) is 44.5 Å². The van der Waals surface area contributed by atoms with Crippen molar-refractivity contribution in [2.75, 3.05) is 26.2 Å². The number of likely N-dealkylation sites (tertiary alicyclic amines) is 1. The molecule has 116 valence electrons. The van der Waals surface area contributed by atoms with E-state index in [2.05, 4.69) is 37.1 Å². The molecule has 2 aliphatic heterocycles. The molecule has 0 radical (unpaired) electrons. The first-order valence-corrected chi connectivity index (χ1v) is 8.47. The summed E-state index contributed by atoms with van der Waals surface area (Å²) in [4.78, 5) is 2.67. The van der Waals surface area contributed by atoms with E-state index in [9.17, 15) is 0 Å². The van der Waals surface area contributed by atoms with Crippen molar-refractivity contribution in [3.05, 3.63) is 11.8 Å². The zero-order chi connectivity index (χ0) is 14.4. The fourth-order valence-corrected chi connectivity index (χ4v) is 3.51. The largest absolute Gasteiger partial charge is 0.497 e. The summed E-state index contributed by atoms with van der Waals surface area (Å²) in [5, 5.41) is 3.68. The molecule has 1 fully saturated rings. The minimum atomic E-state index is 0.115. The number of hydrogen-bond donors (Lipinski definition) is 1. The van der Waals surface area contributed by atoms with Crippen LogP contribution in [0, 0.1) is 0 Å². The quantitative estimate of drug-likeness (QED) is 0.836. The molecule has 0 saturated carbocycles. The molecule has 0 bridgehead atoms. The molecule has 1 saturated heterocycles. The highest BCUT2D eigenvalue weighted by Gasteiger charge is 2.38. The number of likely N-dealkylation sites (N-methyl/N-ethyl adjacent to an activating group) is 1. The third-order valence-corrected chi connectivity index (χ3v) is 4.78. The Kier molecular flexibility index (Phi) is 5.91. The van der Waals surface area contributed by atoms with Crippen LogP contribution < -0.4 is 5.32 Å². The molecule has 2 heterocycles.